The van der Waals surface area contributed by atoms with Crippen LogP contribution in [0.2, 0.25) is 5.02 Å². The number of alkyl halides is 4. The van der Waals surface area contributed by atoms with Gasteiger partial charge in [-0.2, -0.15) is 17.2 Å². The zero-order valence-corrected chi connectivity index (χ0v) is 17.1. The van der Waals surface area contributed by atoms with Crippen molar-refractivity contribution in [3.8, 4) is 17.4 Å². The van der Waals surface area contributed by atoms with Gasteiger partial charge in [-0.15, -0.1) is 4.40 Å². The molecular formula is C15H10Cl2F5N3O5S. The van der Waals surface area contributed by atoms with Crippen molar-refractivity contribution in [1.82, 2.24) is 4.98 Å². The minimum atomic E-state index is -4.43. The second-order valence-corrected chi connectivity index (χ2v) is 7.31. The van der Waals surface area contributed by atoms with Crippen molar-refractivity contribution in [3.63, 3.8) is 0 Å². The lowest BCUT2D eigenvalue weighted by molar-refractivity contribution is -0.148. The van der Waals surface area contributed by atoms with Crippen LogP contribution in [0.3, 0.4) is 0 Å². The predicted molar refractivity (Wildman–Crippen MR) is 98.7 cm³/mol. The molecule has 0 fully saturated rings. The van der Waals surface area contributed by atoms with Crippen LogP contribution in [0.15, 0.2) is 34.9 Å². The molecule has 0 saturated heterocycles. The summed E-state index contributed by atoms with van der Waals surface area (Å²) in [6, 6.07) is 4.02. The summed E-state index contributed by atoms with van der Waals surface area (Å²) < 4.78 is 103. The number of benzene rings is 1. The summed E-state index contributed by atoms with van der Waals surface area (Å²) in [6.07, 6.45) is -2.99. The molecular weight excluding hydrogens is 500 g/mol. The van der Waals surface area contributed by atoms with E-state index in [1.54, 1.807) is 0 Å². The molecule has 0 bridgehead atoms. The third kappa shape index (κ3) is 7.05. The zero-order valence-electron chi connectivity index (χ0n) is 14.7. The van der Waals surface area contributed by atoms with Gasteiger partial charge in [-0.25, -0.2) is 23.3 Å². The lowest BCUT2D eigenvalue weighted by Gasteiger charge is -2.16. The average molecular weight is 510 g/mol. The summed E-state index contributed by atoms with van der Waals surface area (Å²) in [7, 11) is -4.43. The van der Waals surface area contributed by atoms with E-state index in [0.29, 0.717) is 0 Å². The van der Waals surface area contributed by atoms with Crippen molar-refractivity contribution in [2.24, 2.45) is 9.54 Å². The van der Waals surface area contributed by atoms with Crippen LogP contribution in [0.1, 0.15) is 5.56 Å². The molecule has 31 heavy (non-hydrogen) atoms. The third-order valence-corrected chi connectivity index (χ3v) is 4.03. The lowest BCUT2D eigenvalue weighted by Crippen LogP contribution is -2.33. The fourth-order valence-corrected chi connectivity index (χ4v) is 2.62. The SMILES string of the molecule is NS(=O)(=O)N=C(OCl)c1ccc(Oc2cnc(OCC(F)(F)C(F)F)c(Cl)c2)cc1F. The molecule has 0 aliphatic carbocycles. The molecule has 0 unspecified atom stereocenters. The van der Waals surface area contributed by atoms with Gasteiger partial charge in [-0.3, -0.25) is 0 Å². The van der Waals surface area contributed by atoms with Crippen LogP contribution in [-0.4, -0.2) is 38.3 Å². The first-order chi connectivity index (χ1) is 14.3. The van der Waals surface area contributed by atoms with Gasteiger partial charge in [0, 0.05) is 12.1 Å². The van der Waals surface area contributed by atoms with E-state index in [0.717, 1.165) is 30.5 Å². The first-order valence-electron chi connectivity index (χ1n) is 7.66. The molecule has 1 aromatic heterocycles. The van der Waals surface area contributed by atoms with Crippen LogP contribution in [0.25, 0.3) is 0 Å². The smallest absolute Gasteiger partial charge is 0.340 e. The maximum atomic E-state index is 14.3. The Morgan fingerprint density at radius 1 is 1.26 bits per heavy atom. The molecule has 0 spiro atoms. The predicted octanol–water partition coefficient (Wildman–Crippen LogP) is 4.07. The Hall–Kier alpha value is -2.42. The van der Waals surface area contributed by atoms with E-state index in [1.165, 1.54) is 0 Å². The van der Waals surface area contributed by atoms with Gasteiger partial charge in [0.05, 0.1) is 11.8 Å². The van der Waals surface area contributed by atoms with E-state index in [1.807, 2.05) is 0 Å². The molecule has 0 aliphatic heterocycles. The van der Waals surface area contributed by atoms with Gasteiger partial charge in [0.15, 0.2) is 6.61 Å². The number of pyridine rings is 1. The first kappa shape index (κ1) is 24.8. The number of rotatable bonds is 8. The average Bonchev–Trinajstić information content (AvgIpc) is 2.65. The highest BCUT2D eigenvalue weighted by Gasteiger charge is 2.42. The van der Waals surface area contributed by atoms with Gasteiger partial charge in [0.2, 0.25) is 5.88 Å². The second kappa shape index (κ2) is 9.80. The van der Waals surface area contributed by atoms with Gasteiger partial charge in [0.1, 0.15) is 34.2 Å². The number of nitrogens with zero attached hydrogens (tertiary/aromatic N) is 2. The summed E-state index contributed by atoms with van der Waals surface area (Å²) in [6.45, 7) is -1.66. The highest BCUT2D eigenvalue weighted by molar-refractivity contribution is 7.88. The Morgan fingerprint density at radius 2 is 1.94 bits per heavy atom. The Bertz CT molecular complexity index is 1090. The maximum Gasteiger partial charge on any atom is 0.340 e. The van der Waals surface area contributed by atoms with E-state index < -0.39 is 52.3 Å². The minimum absolute atomic E-state index is 0.0999. The van der Waals surface area contributed by atoms with Gasteiger partial charge < -0.3 is 13.8 Å². The molecule has 0 radical (unpaired) electrons. The topological polar surface area (TPSA) is 113 Å². The molecule has 0 atom stereocenters. The number of ether oxygens (including phenoxy) is 2. The van der Waals surface area contributed by atoms with Crippen molar-refractivity contribution >= 4 is 39.6 Å². The van der Waals surface area contributed by atoms with Gasteiger partial charge >= 0.3 is 22.6 Å². The van der Waals surface area contributed by atoms with E-state index in [9.17, 15) is 30.4 Å². The molecule has 2 aromatic rings. The van der Waals surface area contributed by atoms with E-state index in [4.69, 9.17) is 33.3 Å². The Kier molecular flexibility index (Phi) is 7.86. The molecule has 2 rings (SSSR count). The Morgan fingerprint density at radius 3 is 2.45 bits per heavy atom. The molecule has 1 aromatic carbocycles. The van der Waals surface area contributed by atoms with Crippen molar-refractivity contribution in [2.45, 2.75) is 12.3 Å². The quantitative estimate of drug-likeness (QED) is 0.326. The number of nitrogens with two attached hydrogens (primary N) is 1. The van der Waals surface area contributed by atoms with Gasteiger partial charge in [-0.05, 0) is 12.1 Å². The summed E-state index contributed by atoms with van der Waals surface area (Å²) in [5.74, 6) is -7.09. The fraction of sp³-hybridized carbons (Fsp3) is 0.200. The zero-order chi connectivity index (χ0) is 23.4. The fourth-order valence-electron chi connectivity index (χ4n) is 1.89. The molecule has 16 heteroatoms. The monoisotopic (exact) mass is 509 g/mol. The van der Waals surface area contributed by atoms with Crippen LogP contribution in [0.5, 0.6) is 17.4 Å². The van der Waals surface area contributed by atoms with Crippen molar-refractivity contribution in [1.29, 1.82) is 0 Å². The largest absolute Gasteiger partial charge is 0.470 e. The summed E-state index contributed by atoms with van der Waals surface area (Å²) in [5.41, 5.74) is -0.462. The third-order valence-electron chi connectivity index (χ3n) is 3.19. The standard InChI is InChI=1S/C15H10Cl2F5N3O5S/c16-10-3-8(5-24-13(10)28-6-15(21,22)14(19)20)29-7-1-2-9(11(18)4-7)12(30-17)25-31(23,26)27/h1-5,14H,6H2,(H2,23,26,27). The first-order valence-corrected chi connectivity index (χ1v) is 9.84. The summed E-state index contributed by atoms with van der Waals surface area (Å²) in [5, 5.41) is 4.36. The van der Waals surface area contributed by atoms with E-state index in [2.05, 4.69) is 18.4 Å². The second-order valence-electron chi connectivity index (χ2n) is 5.54. The van der Waals surface area contributed by atoms with Crippen molar-refractivity contribution in [3.05, 3.63) is 46.9 Å². The molecule has 8 nitrogen and oxygen atoms in total. The molecule has 0 amide bonds. The normalized spacial score (nSPS) is 12.7. The van der Waals surface area contributed by atoms with Crippen LogP contribution >= 0.6 is 23.5 Å². The number of hydrogen-bond donors (Lipinski definition) is 1. The Balaban J connectivity index is 2.17. The van der Waals surface area contributed by atoms with E-state index in [-0.39, 0.29) is 16.5 Å². The highest BCUT2D eigenvalue weighted by atomic mass is 35.5. The van der Waals surface area contributed by atoms with Crippen LogP contribution in [0.4, 0.5) is 22.0 Å². The molecule has 1 heterocycles. The number of aromatic nitrogens is 1. The minimum Gasteiger partial charge on any atom is -0.470 e. The number of hydrogen-bond acceptors (Lipinski definition) is 6. The van der Waals surface area contributed by atoms with Crippen molar-refractivity contribution < 1.29 is 44.1 Å². The lowest BCUT2D eigenvalue weighted by atomic mass is 10.2. The molecule has 170 valence electrons. The number of halogens is 7. The summed E-state index contributed by atoms with van der Waals surface area (Å²) >= 11 is 10.9. The van der Waals surface area contributed by atoms with Gasteiger partial charge in [-0.1, -0.05) is 11.6 Å². The molecule has 0 saturated carbocycles. The Labute approximate surface area is 181 Å². The van der Waals surface area contributed by atoms with Crippen LogP contribution in [-0.2, 0) is 14.5 Å². The summed E-state index contributed by atoms with van der Waals surface area (Å²) in [4.78, 5) is 3.57. The maximum absolute atomic E-state index is 14.3. The highest BCUT2D eigenvalue weighted by Crippen LogP contribution is 2.31. The van der Waals surface area contributed by atoms with Crippen LogP contribution in [0, 0.1) is 5.82 Å². The van der Waals surface area contributed by atoms with Crippen LogP contribution < -0.4 is 14.6 Å². The molecule has 0 aliphatic rings. The van der Waals surface area contributed by atoms with Crippen molar-refractivity contribution in [2.75, 3.05) is 6.61 Å². The molecule has 2 N–H and O–H groups in total. The van der Waals surface area contributed by atoms with Gasteiger partial charge in [0.25, 0.3) is 5.90 Å². The van der Waals surface area contributed by atoms with E-state index >= 15 is 0 Å².